The second-order valence-corrected chi connectivity index (χ2v) is 6.63. The van der Waals surface area contributed by atoms with Gasteiger partial charge in [0.2, 0.25) is 0 Å². The topological polar surface area (TPSA) is 52.0 Å². The Kier molecular flexibility index (Phi) is 3.64. The van der Waals surface area contributed by atoms with E-state index in [2.05, 4.69) is 5.10 Å². The number of aromatic nitrogens is 2. The minimum atomic E-state index is -3.64. The Labute approximate surface area is 115 Å². The van der Waals surface area contributed by atoms with Gasteiger partial charge in [0.05, 0.1) is 21.4 Å². The van der Waals surface area contributed by atoms with Gasteiger partial charge in [0.15, 0.2) is 9.84 Å². The number of halogens is 2. The van der Waals surface area contributed by atoms with E-state index >= 15 is 0 Å². The summed E-state index contributed by atoms with van der Waals surface area (Å²) in [5, 5.41) is 3.97. The smallest absolute Gasteiger partial charge is 0.185 e. The maximum Gasteiger partial charge on any atom is 0.185 e. The number of benzene rings is 1. The fraction of sp³-hybridized carbons (Fsp3) is 0.250. The van der Waals surface area contributed by atoms with Crippen LogP contribution in [0, 0.1) is 12.7 Å². The molecule has 2 aromatic rings. The highest BCUT2D eigenvalue weighted by Gasteiger charge is 2.21. The SMILES string of the molecule is Cc1cn(C)nc1CS(=O)(=O)c1ccc(F)cc1Cl. The second kappa shape index (κ2) is 4.94. The van der Waals surface area contributed by atoms with Crippen LogP contribution in [0.15, 0.2) is 29.3 Å². The number of rotatable bonds is 3. The summed E-state index contributed by atoms with van der Waals surface area (Å²) in [4.78, 5) is -0.0828. The first kappa shape index (κ1) is 14.0. The molecule has 1 heterocycles. The lowest BCUT2D eigenvalue weighted by Crippen LogP contribution is -2.07. The Balaban J connectivity index is 2.40. The summed E-state index contributed by atoms with van der Waals surface area (Å²) in [6.45, 7) is 1.78. The Morgan fingerprint density at radius 2 is 2.11 bits per heavy atom. The Hall–Kier alpha value is -1.40. The van der Waals surface area contributed by atoms with Crippen molar-refractivity contribution in [1.29, 1.82) is 0 Å². The van der Waals surface area contributed by atoms with Crippen molar-refractivity contribution in [1.82, 2.24) is 9.78 Å². The van der Waals surface area contributed by atoms with Crippen LogP contribution >= 0.6 is 11.6 Å². The first-order chi connectivity index (χ1) is 8.79. The lowest BCUT2D eigenvalue weighted by atomic mass is 10.3. The van der Waals surface area contributed by atoms with E-state index in [1.165, 1.54) is 6.07 Å². The van der Waals surface area contributed by atoms with E-state index in [1.807, 2.05) is 0 Å². The average Bonchev–Trinajstić information content (AvgIpc) is 2.55. The molecule has 2 rings (SSSR count). The van der Waals surface area contributed by atoms with Gasteiger partial charge in [-0.15, -0.1) is 0 Å². The number of hydrogen-bond donors (Lipinski definition) is 0. The van der Waals surface area contributed by atoms with Gasteiger partial charge in [-0.3, -0.25) is 4.68 Å². The van der Waals surface area contributed by atoms with Gasteiger partial charge >= 0.3 is 0 Å². The highest BCUT2D eigenvalue weighted by atomic mass is 35.5. The van der Waals surface area contributed by atoms with Gasteiger partial charge in [0.25, 0.3) is 0 Å². The lowest BCUT2D eigenvalue weighted by Gasteiger charge is -2.05. The van der Waals surface area contributed by atoms with Gasteiger partial charge in [-0.1, -0.05) is 11.6 Å². The molecule has 4 nitrogen and oxygen atoms in total. The molecular weight excluding hydrogens is 291 g/mol. The molecule has 0 aliphatic carbocycles. The van der Waals surface area contributed by atoms with E-state index in [0.29, 0.717) is 5.69 Å². The molecular formula is C12H12ClFN2O2S. The molecule has 0 atom stereocenters. The van der Waals surface area contributed by atoms with Crippen LogP contribution in [0.4, 0.5) is 4.39 Å². The van der Waals surface area contributed by atoms with Crippen LogP contribution in [0.2, 0.25) is 5.02 Å². The molecule has 102 valence electrons. The van der Waals surface area contributed by atoms with E-state index in [0.717, 1.165) is 17.7 Å². The highest BCUT2D eigenvalue weighted by molar-refractivity contribution is 7.90. The van der Waals surface area contributed by atoms with Gasteiger partial charge < -0.3 is 0 Å². The van der Waals surface area contributed by atoms with Gasteiger partial charge in [-0.25, -0.2) is 12.8 Å². The van der Waals surface area contributed by atoms with Crippen LogP contribution in [-0.2, 0) is 22.6 Å². The summed E-state index contributed by atoms with van der Waals surface area (Å²) in [6, 6.07) is 3.23. The third-order valence-electron chi connectivity index (χ3n) is 2.67. The van der Waals surface area contributed by atoms with Crippen LogP contribution in [0.3, 0.4) is 0 Å². The monoisotopic (exact) mass is 302 g/mol. The Bertz CT molecular complexity index is 725. The summed E-state index contributed by atoms with van der Waals surface area (Å²) in [5.74, 6) is -0.830. The molecule has 0 saturated heterocycles. The maximum absolute atomic E-state index is 12.9. The second-order valence-electron chi connectivity index (χ2n) is 4.27. The number of sulfone groups is 1. The number of nitrogens with zero attached hydrogens (tertiary/aromatic N) is 2. The molecule has 1 aromatic carbocycles. The minimum Gasteiger partial charge on any atom is -0.275 e. The molecule has 0 bridgehead atoms. The van der Waals surface area contributed by atoms with Gasteiger partial charge in [-0.05, 0) is 30.7 Å². The molecule has 1 aromatic heterocycles. The summed E-state index contributed by atoms with van der Waals surface area (Å²) >= 11 is 5.78. The molecule has 0 amide bonds. The van der Waals surface area contributed by atoms with Gasteiger partial charge in [0, 0.05) is 13.2 Å². The Morgan fingerprint density at radius 1 is 1.42 bits per heavy atom. The predicted octanol–water partition coefficient (Wildman–Crippen LogP) is 2.49. The van der Waals surface area contributed by atoms with E-state index in [1.54, 1.807) is 24.9 Å². The average molecular weight is 303 g/mol. The van der Waals surface area contributed by atoms with Crippen molar-refractivity contribution < 1.29 is 12.8 Å². The zero-order valence-electron chi connectivity index (χ0n) is 10.4. The van der Waals surface area contributed by atoms with Gasteiger partial charge in [0.1, 0.15) is 5.82 Å². The molecule has 0 unspecified atom stereocenters. The van der Waals surface area contributed by atoms with E-state index in [9.17, 15) is 12.8 Å². The normalized spacial score (nSPS) is 11.8. The molecule has 0 radical (unpaired) electrons. The van der Waals surface area contributed by atoms with E-state index in [-0.39, 0.29) is 15.7 Å². The molecule has 19 heavy (non-hydrogen) atoms. The van der Waals surface area contributed by atoms with Crippen molar-refractivity contribution in [2.24, 2.45) is 7.05 Å². The Morgan fingerprint density at radius 3 is 2.63 bits per heavy atom. The van der Waals surface area contributed by atoms with Crippen LogP contribution in [0.5, 0.6) is 0 Å². The maximum atomic E-state index is 12.9. The van der Waals surface area contributed by atoms with Crippen molar-refractivity contribution in [3.8, 4) is 0 Å². The van der Waals surface area contributed by atoms with Crippen molar-refractivity contribution in [2.45, 2.75) is 17.6 Å². The predicted molar refractivity (Wildman–Crippen MR) is 70.2 cm³/mol. The third kappa shape index (κ3) is 2.96. The molecule has 0 spiro atoms. The zero-order chi connectivity index (χ0) is 14.2. The van der Waals surface area contributed by atoms with Gasteiger partial charge in [-0.2, -0.15) is 5.10 Å². The molecule has 0 fully saturated rings. The quantitative estimate of drug-likeness (QED) is 0.819. The summed E-state index contributed by atoms with van der Waals surface area (Å²) in [6.07, 6.45) is 1.73. The largest absolute Gasteiger partial charge is 0.275 e. The van der Waals surface area contributed by atoms with E-state index < -0.39 is 15.7 Å². The fourth-order valence-electron chi connectivity index (χ4n) is 1.78. The number of aryl methyl sites for hydroxylation is 2. The summed E-state index contributed by atoms with van der Waals surface area (Å²) in [5.41, 5.74) is 1.24. The first-order valence-electron chi connectivity index (χ1n) is 5.46. The third-order valence-corrected chi connectivity index (χ3v) is 4.77. The minimum absolute atomic E-state index is 0.0828. The van der Waals surface area contributed by atoms with E-state index in [4.69, 9.17) is 11.6 Å². The van der Waals surface area contributed by atoms with Crippen LogP contribution < -0.4 is 0 Å². The lowest BCUT2D eigenvalue weighted by molar-refractivity contribution is 0.592. The summed E-state index contributed by atoms with van der Waals surface area (Å²) in [7, 11) is -1.93. The molecule has 0 saturated carbocycles. The van der Waals surface area contributed by atoms with Crippen molar-refractivity contribution in [3.63, 3.8) is 0 Å². The van der Waals surface area contributed by atoms with Crippen molar-refractivity contribution in [2.75, 3.05) is 0 Å². The first-order valence-corrected chi connectivity index (χ1v) is 7.49. The van der Waals surface area contributed by atoms with Crippen LogP contribution in [-0.4, -0.2) is 18.2 Å². The molecule has 0 N–H and O–H groups in total. The van der Waals surface area contributed by atoms with Crippen LogP contribution in [0.1, 0.15) is 11.3 Å². The molecule has 0 aliphatic heterocycles. The van der Waals surface area contributed by atoms with Crippen molar-refractivity contribution >= 4 is 21.4 Å². The summed E-state index contributed by atoms with van der Waals surface area (Å²) < 4.78 is 39.0. The number of hydrogen-bond acceptors (Lipinski definition) is 3. The highest BCUT2D eigenvalue weighted by Crippen LogP contribution is 2.25. The fourth-order valence-corrected chi connectivity index (χ4v) is 3.73. The van der Waals surface area contributed by atoms with Crippen molar-refractivity contribution in [3.05, 3.63) is 46.5 Å². The standard InChI is InChI=1S/C12H12ClFN2O2S/c1-8-6-16(2)15-11(8)7-19(17,18)12-4-3-9(14)5-10(12)13/h3-6H,7H2,1-2H3. The van der Waals surface area contributed by atoms with Crippen LogP contribution in [0.25, 0.3) is 0 Å². The molecule has 0 aliphatic rings. The molecule has 7 heteroatoms. The zero-order valence-corrected chi connectivity index (χ0v) is 12.0.